The van der Waals surface area contributed by atoms with Crippen molar-refractivity contribution in [3.8, 4) is 11.6 Å². The monoisotopic (exact) mass is 259 g/mol. The molecule has 102 valence electrons. The highest BCUT2D eigenvalue weighted by Crippen LogP contribution is 2.24. The Kier molecular flexibility index (Phi) is 4.22. The Hall–Kier alpha value is -1.81. The van der Waals surface area contributed by atoms with Crippen LogP contribution in [-0.4, -0.2) is 16.3 Å². The van der Waals surface area contributed by atoms with E-state index in [0.29, 0.717) is 6.04 Å². The molecule has 4 heteroatoms. The lowest BCUT2D eigenvalue weighted by Gasteiger charge is -2.14. The predicted octanol–water partition coefficient (Wildman–Crippen LogP) is 3.19. The van der Waals surface area contributed by atoms with Gasteiger partial charge in [-0.1, -0.05) is 19.1 Å². The third-order valence-electron chi connectivity index (χ3n) is 3.05. The molecule has 1 unspecified atom stereocenters. The SMILES string of the molecule is CCNC(C)c1cccc(Oc2cc(C)nn2C)c1. The van der Waals surface area contributed by atoms with Crippen LogP contribution in [0.1, 0.15) is 31.1 Å². The second-order valence-corrected chi connectivity index (χ2v) is 4.70. The molecule has 1 N–H and O–H groups in total. The van der Waals surface area contributed by atoms with E-state index in [1.165, 1.54) is 5.56 Å². The summed E-state index contributed by atoms with van der Waals surface area (Å²) in [6.45, 7) is 7.16. The van der Waals surface area contributed by atoms with E-state index in [2.05, 4.69) is 36.4 Å². The Morgan fingerprint density at radius 2 is 2.16 bits per heavy atom. The highest BCUT2D eigenvalue weighted by molar-refractivity contribution is 5.33. The Morgan fingerprint density at radius 3 is 2.79 bits per heavy atom. The molecule has 1 aromatic carbocycles. The smallest absolute Gasteiger partial charge is 0.217 e. The molecule has 1 heterocycles. The van der Waals surface area contributed by atoms with Crippen molar-refractivity contribution >= 4 is 0 Å². The van der Waals surface area contributed by atoms with Crippen molar-refractivity contribution < 1.29 is 4.74 Å². The van der Waals surface area contributed by atoms with Crippen LogP contribution in [-0.2, 0) is 7.05 Å². The molecule has 0 amide bonds. The summed E-state index contributed by atoms with van der Waals surface area (Å²) in [4.78, 5) is 0. The molecule has 0 aliphatic carbocycles. The average molecular weight is 259 g/mol. The van der Waals surface area contributed by atoms with Crippen molar-refractivity contribution in [2.24, 2.45) is 7.05 Å². The summed E-state index contributed by atoms with van der Waals surface area (Å²) in [7, 11) is 1.88. The first-order valence-electron chi connectivity index (χ1n) is 6.62. The van der Waals surface area contributed by atoms with Crippen LogP contribution in [0, 0.1) is 6.92 Å². The molecule has 2 aromatic rings. The molecule has 0 saturated heterocycles. The number of nitrogens with zero attached hydrogens (tertiary/aromatic N) is 2. The van der Waals surface area contributed by atoms with Crippen LogP contribution < -0.4 is 10.1 Å². The fourth-order valence-corrected chi connectivity index (χ4v) is 2.07. The zero-order valence-corrected chi connectivity index (χ0v) is 12.0. The van der Waals surface area contributed by atoms with Crippen LogP contribution in [0.25, 0.3) is 0 Å². The van der Waals surface area contributed by atoms with E-state index in [1.807, 2.05) is 32.2 Å². The third kappa shape index (κ3) is 3.35. The Balaban J connectivity index is 2.17. The fraction of sp³-hybridized carbons (Fsp3) is 0.400. The number of hydrogen-bond acceptors (Lipinski definition) is 3. The molecule has 0 spiro atoms. The molecular weight excluding hydrogens is 238 g/mol. The number of nitrogens with one attached hydrogen (secondary N) is 1. The number of aromatic nitrogens is 2. The summed E-state index contributed by atoms with van der Waals surface area (Å²) in [6, 6.07) is 10.4. The van der Waals surface area contributed by atoms with Gasteiger partial charge in [-0.3, -0.25) is 0 Å². The summed E-state index contributed by atoms with van der Waals surface area (Å²) >= 11 is 0. The van der Waals surface area contributed by atoms with Gasteiger partial charge in [0.05, 0.1) is 5.69 Å². The molecule has 0 fully saturated rings. The largest absolute Gasteiger partial charge is 0.439 e. The van der Waals surface area contributed by atoms with Gasteiger partial charge in [0, 0.05) is 19.2 Å². The van der Waals surface area contributed by atoms with Crippen molar-refractivity contribution in [3.63, 3.8) is 0 Å². The molecule has 2 rings (SSSR count). The molecule has 4 nitrogen and oxygen atoms in total. The van der Waals surface area contributed by atoms with Crippen molar-refractivity contribution in [2.75, 3.05) is 6.54 Å². The third-order valence-corrected chi connectivity index (χ3v) is 3.05. The first-order chi connectivity index (χ1) is 9.10. The van der Waals surface area contributed by atoms with Crippen molar-refractivity contribution in [2.45, 2.75) is 26.8 Å². The van der Waals surface area contributed by atoms with Gasteiger partial charge >= 0.3 is 0 Å². The predicted molar refractivity (Wildman–Crippen MR) is 76.6 cm³/mol. The van der Waals surface area contributed by atoms with Gasteiger partial charge in [-0.2, -0.15) is 5.10 Å². The Labute approximate surface area is 114 Å². The molecule has 0 bridgehead atoms. The highest BCUT2D eigenvalue weighted by Gasteiger charge is 2.07. The van der Waals surface area contributed by atoms with Crippen LogP contribution >= 0.6 is 0 Å². The zero-order chi connectivity index (χ0) is 13.8. The molecule has 0 aliphatic heterocycles. The average Bonchev–Trinajstić information content (AvgIpc) is 2.68. The van der Waals surface area contributed by atoms with Gasteiger partial charge in [0.15, 0.2) is 0 Å². The summed E-state index contributed by atoms with van der Waals surface area (Å²) < 4.78 is 7.62. The van der Waals surface area contributed by atoms with Crippen molar-refractivity contribution in [3.05, 3.63) is 41.6 Å². The van der Waals surface area contributed by atoms with Crippen molar-refractivity contribution in [1.29, 1.82) is 0 Å². The topological polar surface area (TPSA) is 39.1 Å². The summed E-state index contributed by atoms with van der Waals surface area (Å²) in [5.74, 6) is 1.59. The summed E-state index contributed by atoms with van der Waals surface area (Å²) in [6.07, 6.45) is 0. The van der Waals surface area contributed by atoms with Gasteiger partial charge in [-0.05, 0) is 38.1 Å². The fourth-order valence-electron chi connectivity index (χ4n) is 2.07. The minimum Gasteiger partial charge on any atom is -0.439 e. The number of hydrogen-bond donors (Lipinski definition) is 1. The van der Waals surface area contributed by atoms with E-state index in [-0.39, 0.29) is 0 Å². The van der Waals surface area contributed by atoms with Crippen molar-refractivity contribution in [1.82, 2.24) is 15.1 Å². The minimum atomic E-state index is 0.321. The second-order valence-electron chi connectivity index (χ2n) is 4.70. The first kappa shape index (κ1) is 13.6. The molecule has 0 saturated carbocycles. The van der Waals surface area contributed by atoms with Gasteiger partial charge < -0.3 is 10.1 Å². The molecule has 19 heavy (non-hydrogen) atoms. The first-order valence-corrected chi connectivity index (χ1v) is 6.62. The molecular formula is C15H21N3O. The number of benzene rings is 1. The molecule has 0 radical (unpaired) electrons. The number of rotatable bonds is 5. The van der Waals surface area contributed by atoms with Gasteiger partial charge in [0.2, 0.25) is 5.88 Å². The second kappa shape index (κ2) is 5.89. The van der Waals surface area contributed by atoms with E-state index in [1.54, 1.807) is 4.68 Å². The van der Waals surface area contributed by atoms with Crippen LogP contribution in [0.5, 0.6) is 11.6 Å². The lowest BCUT2D eigenvalue weighted by molar-refractivity contribution is 0.429. The van der Waals surface area contributed by atoms with Crippen LogP contribution in [0.15, 0.2) is 30.3 Å². The zero-order valence-electron chi connectivity index (χ0n) is 12.0. The number of ether oxygens (including phenoxy) is 1. The van der Waals surface area contributed by atoms with Gasteiger partial charge in [0.1, 0.15) is 5.75 Å². The normalized spacial score (nSPS) is 12.4. The lowest BCUT2D eigenvalue weighted by atomic mass is 10.1. The van der Waals surface area contributed by atoms with Crippen LogP contribution in [0.3, 0.4) is 0 Å². The summed E-state index contributed by atoms with van der Waals surface area (Å²) in [5.41, 5.74) is 2.17. The maximum absolute atomic E-state index is 5.87. The maximum atomic E-state index is 5.87. The highest BCUT2D eigenvalue weighted by atomic mass is 16.5. The van der Waals surface area contributed by atoms with Crippen LogP contribution in [0.2, 0.25) is 0 Å². The van der Waals surface area contributed by atoms with E-state index >= 15 is 0 Å². The van der Waals surface area contributed by atoms with Gasteiger partial charge in [0.25, 0.3) is 0 Å². The molecule has 1 atom stereocenters. The minimum absolute atomic E-state index is 0.321. The molecule has 0 aliphatic rings. The van der Waals surface area contributed by atoms with E-state index in [4.69, 9.17) is 4.74 Å². The lowest BCUT2D eigenvalue weighted by Crippen LogP contribution is -2.17. The van der Waals surface area contributed by atoms with Gasteiger partial charge in [-0.15, -0.1) is 0 Å². The quantitative estimate of drug-likeness (QED) is 0.896. The standard InChI is InChI=1S/C15H21N3O/c1-5-16-12(3)13-7-6-8-14(10-13)19-15-9-11(2)17-18(15)4/h6-10,12,16H,5H2,1-4H3. The maximum Gasteiger partial charge on any atom is 0.217 e. The van der Waals surface area contributed by atoms with E-state index in [9.17, 15) is 0 Å². The van der Waals surface area contributed by atoms with Gasteiger partial charge in [-0.25, -0.2) is 4.68 Å². The molecule has 1 aromatic heterocycles. The summed E-state index contributed by atoms with van der Waals surface area (Å²) in [5, 5.41) is 7.67. The Bertz CT molecular complexity index is 548. The Morgan fingerprint density at radius 1 is 1.37 bits per heavy atom. The van der Waals surface area contributed by atoms with E-state index < -0.39 is 0 Å². The van der Waals surface area contributed by atoms with Crippen LogP contribution in [0.4, 0.5) is 0 Å². The van der Waals surface area contributed by atoms with E-state index in [0.717, 1.165) is 23.9 Å². The number of aryl methyl sites for hydroxylation is 2.